The summed E-state index contributed by atoms with van der Waals surface area (Å²) in [6.45, 7) is 7.68. The predicted molar refractivity (Wildman–Crippen MR) is 89.2 cm³/mol. The van der Waals surface area contributed by atoms with Gasteiger partial charge in [-0.15, -0.1) is 16.8 Å². The third-order valence-electron chi connectivity index (χ3n) is 3.15. The Morgan fingerprint density at radius 1 is 1.55 bits per heavy atom. The Bertz CT molecular complexity index is 557. The topological polar surface area (TPSA) is 75.2 Å². The molecule has 1 fully saturated rings. The number of anilines is 1. The van der Waals surface area contributed by atoms with Crippen molar-refractivity contribution in [2.45, 2.75) is 48.7 Å². The molecule has 0 saturated heterocycles. The van der Waals surface area contributed by atoms with Crippen LogP contribution in [-0.4, -0.2) is 39.8 Å². The number of rotatable bonds is 8. The lowest BCUT2D eigenvalue weighted by Gasteiger charge is -2.17. The SMILES string of the molecule is C=CCNC(=O)C(C)Sc1nnc(N(C(=O)CC)C2CC2)s1. The van der Waals surface area contributed by atoms with Crippen molar-refractivity contribution in [1.29, 1.82) is 0 Å². The van der Waals surface area contributed by atoms with Gasteiger partial charge in [-0.3, -0.25) is 14.5 Å². The third kappa shape index (κ3) is 4.30. The van der Waals surface area contributed by atoms with Gasteiger partial charge < -0.3 is 5.32 Å². The monoisotopic (exact) mass is 340 g/mol. The number of hydrogen-bond donors (Lipinski definition) is 1. The molecule has 1 unspecified atom stereocenters. The van der Waals surface area contributed by atoms with E-state index in [4.69, 9.17) is 0 Å². The molecule has 1 aliphatic rings. The molecule has 1 heterocycles. The van der Waals surface area contributed by atoms with Crippen LogP contribution in [0.3, 0.4) is 0 Å². The minimum atomic E-state index is -0.267. The number of aromatic nitrogens is 2. The number of thioether (sulfide) groups is 1. The van der Waals surface area contributed by atoms with E-state index in [2.05, 4.69) is 22.1 Å². The molecule has 0 bridgehead atoms. The Kier molecular flexibility index (Phi) is 5.96. The van der Waals surface area contributed by atoms with E-state index in [1.165, 1.54) is 23.1 Å². The first kappa shape index (κ1) is 17.0. The number of carbonyl (C=O) groups is 2. The highest BCUT2D eigenvalue weighted by Crippen LogP contribution is 2.37. The summed E-state index contributed by atoms with van der Waals surface area (Å²) in [5, 5.41) is 11.3. The minimum Gasteiger partial charge on any atom is -0.352 e. The summed E-state index contributed by atoms with van der Waals surface area (Å²) < 4.78 is 0.700. The van der Waals surface area contributed by atoms with Gasteiger partial charge in [-0.25, -0.2) is 0 Å². The minimum absolute atomic E-state index is 0.0645. The molecule has 0 aliphatic heterocycles. The fourth-order valence-corrected chi connectivity index (χ4v) is 3.94. The fraction of sp³-hybridized carbons (Fsp3) is 0.571. The Labute approximate surface area is 138 Å². The molecule has 1 atom stereocenters. The van der Waals surface area contributed by atoms with Crippen molar-refractivity contribution in [2.24, 2.45) is 0 Å². The van der Waals surface area contributed by atoms with Crippen molar-refractivity contribution in [3.05, 3.63) is 12.7 Å². The second-order valence-corrected chi connectivity index (χ2v) is 7.54. The molecule has 8 heteroatoms. The molecule has 0 aromatic carbocycles. The lowest BCUT2D eigenvalue weighted by molar-refractivity contribution is -0.120. The molecule has 22 heavy (non-hydrogen) atoms. The van der Waals surface area contributed by atoms with Gasteiger partial charge in [-0.2, -0.15) is 0 Å². The van der Waals surface area contributed by atoms with E-state index in [0.717, 1.165) is 12.8 Å². The smallest absolute Gasteiger partial charge is 0.233 e. The largest absolute Gasteiger partial charge is 0.352 e. The zero-order valence-corrected chi connectivity index (χ0v) is 14.4. The van der Waals surface area contributed by atoms with Gasteiger partial charge in [0.2, 0.25) is 16.9 Å². The van der Waals surface area contributed by atoms with E-state index in [0.29, 0.717) is 22.4 Å². The molecule has 1 aliphatic carbocycles. The molecule has 1 aromatic rings. The second kappa shape index (κ2) is 7.73. The highest BCUT2D eigenvalue weighted by Gasteiger charge is 2.35. The molecule has 1 aromatic heterocycles. The molecule has 0 spiro atoms. The van der Waals surface area contributed by atoms with Crippen molar-refractivity contribution in [1.82, 2.24) is 15.5 Å². The van der Waals surface area contributed by atoms with Gasteiger partial charge in [0.25, 0.3) is 0 Å². The van der Waals surface area contributed by atoms with E-state index in [-0.39, 0.29) is 23.1 Å². The van der Waals surface area contributed by atoms with Crippen molar-refractivity contribution in [2.75, 3.05) is 11.4 Å². The van der Waals surface area contributed by atoms with Crippen LogP contribution < -0.4 is 10.2 Å². The molecule has 2 amide bonds. The lowest BCUT2D eigenvalue weighted by atomic mass is 10.4. The average molecular weight is 340 g/mol. The van der Waals surface area contributed by atoms with Crippen LogP contribution in [0.15, 0.2) is 17.0 Å². The van der Waals surface area contributed by atoms with Crippen LogP contribution in [0.25, 0.3) is 0 Å². The van der Waals surface area contributed by atoms with Crippen molar-refractivity contribution < 1.29 is 9.59 Å². The van der Waals surface area contributed by atoms with E-state index in [9.17, 15) is 9.59 Å². The van der Waals surface area contributed by atoms with Crippen molar-refractivity contribution in [3.8, 4) is 0 Å². The van der Waals surface area contributed by atoms with E-state index in [1.54, 1.807) is 11.0 Å². The quantitative estimate of drug-likeness (QED) is 0.446. The van der Waals surface area contributed by atoms with Crippen LogP contribution in [-0.2, 0) is 9.59 Å². The van der Waals surface area contributed by atoms with Crippen LogP contribution in [0.1, 0.15) is 33.1 Å². The highest BCUT2D eigenvalue weighted by atomic mass is 32.2. The van der Waals surface area contributed by atoms with Crippen LogP contribution in [0.5, 0.6) is 0 Å². The van der Waals surface area contributed by atoms with E-state index < -0.39 is 0 Å². The summed E-state index contributed by atoms with van der Waals surface area (Å²) in [5.41, 5.74) is 0. The zero-order chi connectivity index (χ0) is 16.1. The summed E-state index contributed by atoms with van der Waals surface area (Å²) in [7, 11) is 0. The molecule has 1 N–H and O–H groups in total. The number of nitrogens with zero attached hydrogens (tertiary/aromatic N) is 3. The molecule has 120 valence electrons. The number of carbonyl (C=O) groups excluding carboxylic acids is 2. The summed E-state index contributed by atoms with van der Waals surface area (Å²) in [5.74, 6) is 0.0114. The maximum absolute atomic E-state index is 12.0. The van der Waals surface area contributed by atoms with Crippen LogP contribution in [0.4, 0.5) is 5.13 Å². The van der Waals surface area contributed by atoms with Gasteiger partial charge >= 0.3 is 0 Å². The standard InChI is InChI=1S/C14H20N4O2S2/c1-4-8-15-12(20)9(3)21-14-17-16-13(22-14)18(10-6-7-10)11(19)5-2/h4,9-10H,1,5-8H2,2-3H3,(H,15,20). The highest BCUT2D eigenvalue weighted by molar-refractivity contribution is 8.02. The van der Waals surface area contributed by atoms with E-state index in [1.807, 2.05) is 13.8 Å². The van der Waals surface area contributed by atoms with Crippen LogP contribution in [0, 0.1) is 0 Å². The number of hydrogen-bond acceptors (Lipinski definition) is 6. The van der Waals surface area contributed by atoms with Gasteiger partial charge in [0.15, 0.2) is 4.34 Å². The molecular formula is C14H20N4O2S2. The molecule has 2 rings (SSSR count). The van der Waals surface area contributed by atoms with Gasteiger partial charge in [0.1, 0.15) is 0 Å². The second-order valence-electron chi connectivity index (χ2n) is 4.99. The Morgan fingerprint density at radius 3 is 2.86 bits per heavy atom. The van der Waals surface area contributed by atoms with E-state index >= 15 is 0 Å². The summed E-state index contributed by atoms with van der Waals surface area (Å²) in [6, 6.07) is 0.270. The van der Waals surface area contributed by atoms with Crippen LogP contribution >= 0.6 is 23.1 Å². The van der Waals surface area contributed by atoms with Gasteiger partial charge in [-0.1, -0.05) is 36.1 Å². The summed E-state index contributed by atoms with van der Waals surface area (Å²) >= 11 is 2.72. The predicted octanol–water partition coefficient (Wildman–Crippen LogP) is 2.23. The molecule has 0 radical (unpaired) electrons. The van der Waals surface area contributed by atoms with Gasteiger partial charge in [0.05, 0.1) is 5.25 Å². The van der Waals surface area contributed by atoms with Crippen molar-refractivity contribution in [3.63, 3.8) is 0 Å². The molecular weight excluding hydrogens is 320 g/mol. The Hall–Kier alpha value is -1.41. The summed E-state index contributed by atoms with van der Waals surface area (Å²) in [4.78, 5) is 25.6. The first-order valence-electron chi connectivity index (χ1n) is 7.27. The maximum Gasteiger partial charge on any atom is 0.233 e. The third-order valence-corrected chi connectivity index (χ3v) is 5.26. The normalized spacial score (nSPS) is 15.2. The molecule has 6 nitrogen and oxygen atoms in total. The zero-order valence-electron chi connectivity index (χ0n) is 12.7. The first-order valence-corrected chi connectivity index (χ1v) is 8.97. The first-order chi connectivity index (χ1) is 10.6. The Morgan fingerprint density at radius 2 is 2.27 bits per heavy atom. The average Bonchev–Trinajstić information content (AvgIpc) is 3.24. The van der Waals surface area contributed by atoms with Crippen LogP contribution in [0.2, 0.25) is 0 Å². The van der Waals surface area contributed by atoms with Gasteiger partial charge in [-0.05, 0) is 19.8 Å². The molecule has 1 saturated carbocycles. The number of amides is 2. The lowest BCUT2D eigenvalue weighted by Crippen LogP contribution is -2.32. The fourth-order valence-electron chi connectivity index (χ4n) is 1.84. The Balaban J connectivity index is 1.99. The summed E-state index contributed by atoms with van der Waals surface area (Å²) in [6.07, 6.45) is 4.14. The van der Waals surface area contributed by atoms with Crippen molar-refractivity contribution >= 4 is 40.0 Å². The number of nitrogens with one attached hydrogen (secondary N) is 1. The van der Waals surface area contributed by atoms with Gasteiger partial charge in [0, 0.05) is 19.0 Å². The maximum atomic E-state index is 12.0.